The Kier molecular flexibility index (Phi) is 4.21. The van der Waals surface area contributed by atoms with Gasteiger partial charge in [0.2, 0.25) is 0 Å². The molecule has 0 aromatic heterocycles. The third-order valence-corrected chi connectivity index (χ3v) is 4.81. The van der Waals surface area contributed by atoms with Crippen LogP contribution in [0.4, 0.5) is 0 Å². The summed E-state index contributed by atoms with van der Waals surface area (Å²) in [4.78, 5) is 0. The van der Waals surface area contributed by atoms with Gasteiger partial charge in [0.15, 0.2) is 0 Å². The van der Waals surface area contributed by atoms with Crippen LogP contribution in [0.15, 0.2) is 42.5 Å². The van der Waals surface area contributed by atoms with Crippen molar-refractivity contribution in [3.05, 3.63) is 64.7 Å². The topological polar surface area (TPSA) is 9.23 Å². The quantitative estimate of drug-likeness (QED) is 0.714. The Balaban J connectivity index is 1.88. The second-order valence-corrected chi connectivity index (χ2v) is 6.08. The highest BCUT2D eigenvalue weighted by molar-refractivity contribution is 6.21. The highest BCUT2D eigenvalue weighted by Crippen LogP contribution is 2.38. The molecule has 0 fully saturated rings. The lowest BCUT2D eigenvalue weighted by atomic mass is 9.94. The third-order valence-electron chi connectivity index (χ3n) is 4.30. The summed E-state index contributed by atoms with van der Waals surface area (Å²) in [5.41, 5.74) is 5.16. The first-order valence-electron chi connectivity index (χ1n) is 7.73. The zero-order chi connectivity index (χ0) is 14.8. The highest BCUT2D eigenvalue weighted by Gasteiger charge is 2.31. The average molecular weight is 301 g/mol. The number of hydrogen-bond acceptors (Lipinski definition) is 1. The Bertz CT molecular complexity index is 610. The summed E-state index contributed by atoms with van der Waals surface area (Å²) in [6.45, 7) is 4.36. The van der Waals surface area contributed by atoms with Crippen molar-refractivity contribution in [3.8, 4) is 5.75 Å². The van der Waals surface area contributed by atoms with E-state index in [1.165, 1.54) is 22.3 Å². The van der Waals surface area contributed by atoms with E-state index in [1.54, 1.807) is 0 Å². The highest BCUT2D eigenvalue weighted by atomic mass is 35.5. The zero-order valence-electron chi connectivity index (χ0n) is 12.6. The molecule has 0 spiro atoms. The number of benzene rings is 2. The van der Waals surface area contributed by atoms with Gasteiger partial charge in [-0.25, -0.2) is 0 Å². The van der Waals surface area contributed by atoms with Crippen LogP contribution in [0.25, 0.3) is 0 Å². The molecule has 2 atom stereocenters. The molecule has 1 aliphatic heterocycles. The maximum atomic E-state index is 6.79. The van der Waals surface area contributed by atoms with E-state index in [2.05, 4.69) is 44.2 Å². The van der Waals surface area contributed by atoms with E-state index in [9.17, 15) is 0 Å². The van der Waals surface area contributed by atoms with Gasteiger partial charge in [-0.05, 0) is 41.2 Å². The van der Waals surface area contributed by atoms with E-state index < -0.39 is 0 Å². The minimum atomic E-state index is -0.0983. The van der Waals surface area contributed by atoms with Gasteiger partial charge in [-0.2, -0.15) is 0 Å². The Morgan fingerprint density at radius 3 is 2.67 bits per heavy atom. The normalized spacial score (nSPS) is 18.1. The molecule has 2 aromatic carbocycles. The van der Waals surface area contributed by atoms with E-state index in [-0.39, 0.29) is 11.5 Å². The molecule has 0 radical (unpaired) electrons. The predicted octanol–water partition coefficient (Wildman–Crippen LogP) is 5.10. The standard InChI is InChI=1S/C19H21ClO/c1-3-13-9-10-14(4-2)16(11-13)19(20)18-12-15-7-5-6-8-17(15)21-18/h5-11,18-19H,3-4,12H2,1-2H3. The lowest BCUT2D eigenvalue weighted by Gasteiger charge is -2.21. The van der Waals surface area contributed by atoms with E-state index in [0.29, 0.717) is 0 Å². The Hall–Kier alpha value is -1.47. The Labute approximate surface area is 131 Å². The number of halogens is 1. The zero-order valence-corrected chi connectivity index (χ0v) is 13.4. The molecule has 110 valence electrons. The molecule has 0 saturated heterocycles. The van der Waals surface area contributed by atoms with Crippen molar-refractivity contribution in [2.24, 2.45) is 0 Å². The van der Waals surface area contributed by atoms with Crippen molar-refractivity contribution < 1.29 is 4.74 Å². The van der Waals surface area contributed by atoms with Crippen molar-refractivity contribution in [2.75, 3.05) is 0 Å². The van der Waals surface area contributed by atoms with E-state index in [1.807, 2.05) is 12.1 Å². The van der Waals surface area contributed by atoms with Gasteiger partial charge in [0, 0.05) is 6.42 Å². The Morgan fingerprint density at radius 1 is 1.14 bits per heavy atom. The molecule has 21 heavy (non-hydrogen) atoms. The molecule has 1 aliphatic rings. The van der Waals surface area contributed by atoms with E-state index >= 15 is 0 Å². The van der Waals surface area contributed by atoms with Crippen LogP contribution in [0.2, 0.25) is 0 Å². The molecule has 3 rings (SSSR count). The summed E-state index contributed by atoms with van der Waals surface area (Å²) in [5.74, 6) is 0.984. The van der Waals surface area contributed by atoms with E-state index in [4.69, 9.17) is 16.3 Å². The van der Waals surface area contributed by atoms with Crippen LogP contribution in [0.5, 0.6) is 5.75 Å². The number of aryl methyl sites for hydroxylation is 2. The molecule has 2 heteroatoms. The second-order valence-electron chi connectivity index (χ2n) is 5.61. The van der Waals surface area contributed by atoms with Gasteiger partial charge in [-0.1, -0.05) is 50.2 Å². The molecule has 1 nitrogen and oxygen atoms in total. The molecular weight excluding hydrogens is 280 g/mol. The average Bonchev–Trinajstić information content (AvgIpc) is 2.97. The van der Waals surface area contributed by atoms with Gasteiger partial charge in [-0.15, -0.1) is 11.6 Å². The van der Waals surface area contributed by atoms with Crippen molar-refractivity contribution in [3.63, 3.8) is 0 Å². The number of hydrogen-bond donors (Lipinski definition) is 0. The van der Waals surface area contributed by atoms with E-state index in [0.717, 1.165) is 25.0 Å². The van der Waals surface area contributed by atoms with Crippen LogP contribution in [-0.4, -0.2) is 6.10 Å². The summed E-state index contributed by atoms with van der Waals surface area (Å²) in [5, 5.41) is -0.0983. The molecule has 0 bridgehead atoms. The van der Waals surface area contributed by atoms with Gasteiger partial charge < -0.3 is 4.74 Å². The molecular formula is C19H21ClO. The van der Waals surface area contributed by atoms with Crippen LogP contribution in [0.3, 0.4) is 0 Å². The summed E-state index contributed by atoms with van der Waals surface area (Å²) in [6.07, 6.45) is 2.96. The largest absolute Gasteiger partial charge is 0.488 e. The van der Waals surface area contributed by atoms with Crippen LogP contribution < -0.4 is 4.74 Å². The minimum absolute atomic E-state index is 0.0291. The summed E-state index contributed by atoms with van der Waals surface area (Å²) in [6, 6.07) is 14.9. The van der Waals surface area contributed by atoms with Crippen LogP contribution in [0.1, 0.15) is 41.5 Å². The first-order valence-corrected chi connectivity index (χ1v) is 8.16. The van der Waals surface area contributed by atoms with Crippen molar-refractivity contribution in [1.82, 2.24) is 0 Å². The van der Waals surface area contributed by atoms with Crippen molar-refractivity contribution in [2.45, 2.75) is 44.6 Å². The number of ether oxygens (including phenoxy) is 1. The van der Waals surface area contributed by atoms with Gasteiger partial charge in [0.25, 0.3) is 0 Å². The lowest BCUT2D eigenvalue weighted by Crippen LogP contribution is -2.20. The summed E-state index contributed by atoms with van der Waals surface area (Å²) < 4.78 is 6.06. The molecule has 2 unspecified atom stereocenters. The van der Waals surface area contributed by atoms with Gasteiger partial charge in [0.1, 0.15) is 11.9 Å². The fraction of sp³-hybridized carbons (Fsp3) is 0.368. The fourth-order valence-electron chi connectivity index (χ4n) is 3.02. The van der Waals surface area contributed by atoms with Crippen LogP contribution in [-0.2, 0) is 19.3 Å². The molecule has 2 aromatic rings. The molecule has 1 heterocycles. The Morgan fingerprint density at radius 2 is 1.95 bits per heavy atom. The van der Waals surface area contributed by atoms with Gasteiger partial charge >= 0.3 is 0 Å². The lowest BCUT2D eigenvalue weighted by molar-refractivity contribution is 0.227. The molecule has 0 N–H and O–H groups in total. The summed E-state index contributed by atoms with van der Waals surface area (Å²) in [7, 11) is 0. The first-order chi connectivity index (χ1) is 10.2. The van der Waals surface area contributed by atoms with Gasteiger partial charge in [-0.3, -0.25) is 0 Å². The van der Waals surface area contributed by atoms with Crippen LogP contribution >= 0.6 is 11.6 Å². The number of para-hydroxylation sites is 1. The molecule has 0 aliphatic carbocycles. The maximum absolute atomic E-state index is 6.79. The van der Waals surface area contributed by atoms with Gasteiger partial charge in [0.05, 0.1) is 5.38 Å². The first kappa shape index (κ1) is 14.5. The smallest absolute Gasteiger partial charge is 0.123 e. The SMILES string of the molecule is CCc1ccc(CC)c(C(Cl)C2Cc3ccccc3O2)c1. The van der Waals surface area contributed by atoms with Crippen molar-refractivity contribution >= 4 is 11.6 Å². The fourth-order valence-corrected chi connectivity index (χ4v) is 3.36. The molecule has 0 saturated carbocycles. The molecule has 0 amide bonds. The van der Waals surface area contributed by atoms with Crippen molar-refractivity contribution in [1.29, 1.82) is 0 Å². The monoisotopic (exact) mass is 300 g/mol. The number of alkyl halides is 1. The second kappa shape index (κ2) is 6.11. The third kappa shape index (κ3) is 2.80. The number of fused-ring (bicyclic) bond motifs is 1. The maximum Gasteiger partial charge on any atom is 0.123 e. The number of rotatable bonds is 4. The predicted molar refractivity (Wildman–Crippen MR) is 88.4 cm³/mol. The van der Waals surface area contributed by atoms with Crippen LogP contribution in [0, 0.1) is 0 Å². The minimum Gasteiger partial charge on any atom is -0.488 e. The summed E-state index contributed by atoms with van der Waals surface area (Å²) >= 11 is 6.79.